The summed E-state index contributed by atoms with van der Waals surface area (Å²) in [7, 11) is 1.54. The molecule has 0 aliphatic heterocycles. The lowest BCUT2D eigenvalue weighted by atomic mass is 9.95. The van der Waals surface area contributed by atoms with Crippen molar-refractivity contribution in [2.75, 3.05) is 7.11 Å². The highest BCUT2D eigenvalue weighted by Gasteiger charge is 2.17. The van der Waals surface area contributed by atoms with E-state index in [4.69, 9.17) is 10.5 Å². The molecular formula is C15H14F3NO. The molecular weight excluding hydrogens is 267 g/mol. The van der Waals surface area contributed by atoms with Crippen molar-refractivity contribution in [3.8, 4) is 5.75 Å². The molecule has 0 saturated carbocycles. The highest BCUT2D eigenvalue weighted by Crippen LogP contribution is 2.27. The number of ether oxygens (including phenoxy) is 1. The summed E-state index contributed by atoms with van der Waals surface area (Å²) in [6.07, 6.45) is 0. The number of hydrogen-bond donors (Lipinski definition) is 1. The lowest BCUT2D eigenvalue weighted by molar-refractivity contribution is 0.414. The standard InChI is InChI=1S/C15H14F3NO/c1-8-5-10(20-2)3-4-11(8)15(19)9-6-12(16)14(18)13(17)7-9/h3-7,15H,19H2,1-2H3. The van der Waals surface area contributed by atoms with Gasteiger partial charge < -0.3 is 10.5 Å². The number of methoxy groups -OCH3 is 1. The van der Waals surface area contributed by atoms with Crippen molar-refractivity contribution < 1.29 is 17.9 Å². The van der Waals surface area contributed by atoms with Crippen LogP contribution in [0.3, 0.4) is 0 Å². The van der Waals surface area contributed by atoms with Gasteiger partial charge in [0.05, 0.1) is 13.2 Å². The van der Waals surface area contributed by atoms with Gasteiger partial charge in [-0.3, -0.25) is 0 Å². The highest BCUT2D eigenvalue weighted by atomic mass is 19.2. The van der Waals surface area contributed by atoms with Crippen LogP contribution in [-0.4, -0.2) is 7.11 Å². The summed E-state index contributed by atoms with van der Waals surface area (Å²) in [6.45, 7) is 1.81. The second-order valence-electron chi connectivity index (χ2n) is 4.50. The molecule has 0 aliphatic carbocycles. The summed E-state index contributed by atoms with van der Waals surface area (Å²) in [6, 6.07) is 6.27. The van der Waals surface area contributed by atoms with Crippen molar-refractivity contribution >= 4 is 0 Å². The zero-order chi connectivity index (χ0) is 14.9. The van der Waals surface area contributed by atoms with E-state index in [2.05, 4.69) is 0 Å². The largest absolute Gasteiger partial charge is 0.497 e. The average Bonchev–Trinajstić information content (AvgIpc) is 2.43. The average molecular weight is 281 g/mol. The van der Waals surface area contributed by atoms with Gasteiger partial charge in [0.1, 0.15) is 5.75 Å². The van der Waals surface area contributed by atoms with E-state index in [1.54, 1.807) is 25.3 Å². The molecule has 0 heterocycles. The van der Waals surface area contributed by atoms with Gasteiger partial charge in [-0.25, -0.2) is 13.2 Å². The van der Waals surface area contributed by atoms with Crippen molar-refractivity contribution in [1.29, 1.82) is 0 Å². The van der Waals surface area contributed by atoms with E-state index in [9.17, 15) is 13.2 Å². The van der Waals surface area contributed by atoms with Crippen LogP contribution < -0.4 is 10.5 Å². The van der Waals surface area contributed by atoms with Crippen LogP contribution in [0, 0.1) is 24.4 Å². The number of rotatable bonds is 3. The number of hydrogen-bond acceptors (Lipinski definition) is 2. The van der Waals surface area contributed by atoms with Crippen LogP contribution in [0.1, 0.15) is 22.7 Å². The Labute approximate surface area is 115 Å². The fourth-order valence-corrected chi connectivity index (χ4v) is 2.06. The SMILES string of the molecule is COc1ccc(C(N)c2cc(F)c(F)c(F)c2)c(C)c1. The Morgan fingerprint density at radius 1 is 1.05 bits per heavy atom. The van der Waals surface area contributed by atoms with Crippen LogP contribution >= 0.6 is 0 Å². The first kappa shape index (κ1) is 14.4. The molecule has 1 unspecified atom stereocenters. The molecule has 0 fully saturated rings. The van der Waals surface area contributed by atoms with Crippen molar-refractivity contribution in [2.24, 2.45) is 5.73 Å². The fraction of sp³-hybridized carbons (Fsp3) is 0.200. The highest BCUT2D eigenvalue weighted by molar-refractivity contribution is 5.41. The lowest BCUT2D eigenvalue weighted by Gasteiger charge is -2.16. The van der Waals surface area contributed by atoms with Crippen LogP contribution in [0.25, 0.3) is 0 Å². The van der Waals surface area contributed by atoms with Crippen LogP contribution in [0.5, 0.6) is 5.75 Å². The van der Waals surface area contributed by atoms with E-state index < -0.39 is 23.5 Å². The second kappa shape index (κ2) is 5.54. The van der Waals surface area contributed by atoms with Crippen LogP contribution in [0.4, 0.5) is 13.2 Å². The molecule has 2 N–H and O–H groups in total. The van der Waals surface area contributed by atoms with Crippen LogP contribution in [0.2, 0.25) is 0 Å². The zero-order valence-electron chi connectivity index (χ0n) is 11.1. The molecule has 1 atom stereocenters. The Kier molecular flexibility index (Phi) is 3.99. The molecule has 5 heteroatoms. The van der Waals surface area contributed by atoms with E-state index in [-0.39, 0.29) is 5.56 Å². The monoisotopic (exact) mass is 281 g/mol. The predicted octanol–water partition coefficient (Wildman–Crippen LogP) is 3.47. The molecule has 20 heavy (non-hydrogen) atoms. The Bertz CT molecular complexity index is 620. The predicted molar refractivity (Wildman–Crippen MR) is 70.1 cm³/mol. The van der Waals surface area contributed by atoms with Gasteiger partial charge in [-0.15, -0.1) is 0 Å². The summed E-state index contributed by atoms with van der Waals surface area (Å²) in [4.78, 5) is 0. The van der Waals surface area contributed by atoms with Gasteiger partial charge in [-0.2, -0.15) is 0 Å². The number of halogens is 3. The van der Waals surface area contributed by atoms with Crippen LogP contribution in [0.15, 0.2) is 30.3 Å². The minimum absolute atomic E-state index is 0.176. The van der Waals surface area contributed by atoms with E-state index in [1.165, 1.54) is 0 Å². The minimum Gasteiger partial charge on any atom is -0.497 e. The molecule has 0 amide bonds. The summed E-state index contributed by atoms with van der Waals surface area (Å²) in [5.41, 5.74) is 7.69. The molecule has 2 nitrogen and oxygen atoms in total. The second-order valence-corrected chi connectivity index (χ2v) is 4.50. The topological polar surface area (TPSA) is 35.2 Å². The Morgan fingerprint density at radius 3 is 2.15 bits per heavy atom. The first-order valence-electron chi connectivity index (χ1n) is 5.98. The van der Waals surface area contributed by atoms with Crippen LogP contribution in [-0.2, 0) is 0 Å². The van der Waals surface area contributed by atoms with Gasteiger partial charge in [0.2, 0.25) is 0 Å². The quantitative estimate of drug-likeness (QED) is 0.874. The number of nitrogens with two attached hydrogens (primary N) is 1. The van der Waals surface area contributed by atoms with E-state index in [0.29, 0.717) is 11.3 Å². The third-order valence-electron chi connectivity index (χ3n) is 3.18. The van der Waals surface area contributed by atoms with Gasteiger partial charge >= 0.3 is 0 Å². The summed E-state index contributed by atoms with van der Waals surface area (Å²) >= 11 is 0. The maximum Gasteiger partial charge on any atom is 0.194 e. The molecule has 0 spiro atoms. The summed E-state index contributed by atoms with van der Waals surface area (Å²) in [5, 5.41) is 0. The molecule has 0 aromatic heterocycles. The molecule has 2 aromatic rings. The van der Waals surface area contributed by atoms with Crippen molar-refractivity contribution in [1.82, 2.24) is 0 Å². The molecule has 0 radical (unpaired) electrons. The van der Waals surface area contributed by atoms with Gasteiger partial charge in [0.15, 0.2) is 17.5 Å². The third kappa shape index (κ3) is 2.63. The molecule has 0 bridgehead atoms. The number of aryl methyl sites for hydroxylation is 1. The van der Waals surface area contributed by atoms with Gasteiger partial charge in [-0.05, 0) is 47.9 Å². The van der Waals surface area contributed by atoms with E-state index in [1.807, 2.05) is 6.92 Å². The van der Waals surface area contributed by atoms with Gasteiger partial charge in [0, 0.05) is 0 Å². The van der Waals surface area contributed by atoms with E-state index in [0.717, 1.165) is 17.7 Å². The Balaban J connectivity index is 2.43. The van der Waals surface area contributed by atoms with Gasteiger partial charge in [0.25, 0.3) is 0 Å². The van der Waals surface area contributed by atoms with E-state index >= 15 is 0 Å². The fourth-order valence-electron chi connectivity index (χ4n) is 2.06. The summed E-state index contributed by atoms with van der Waals surface area (Å²) < 4.78 is 44.5. The Morgan fingerprint density at radius 2 is 1.65 bits per heavy atom. The maximum atomic E-state index is 13.2. The molecule has 2 rings (SSSR count). The summed E-state index contributed by atoms with van der Waals surface area (Å²) in [5.74, 6) is -3.33. The molecule has 0 saturated heterocycles. The first-order valence-corrected chi connectivity index (χ1v) is 5.98. The Hall–Kier alpha value is -2.01. The first-order chi connectivity index (χ1) is 9.43. The minimum atomic E-state index is -1.49. The maximum absolute atomic E-state index is 13.2. The normalized spacial score (nSPS) is 12.3. The van der Waals surface area contributed by atoms with Gasteiger partial charge in [-0.1, -0.05) is 6.07 Å². The van der Waals surface area contributed by atoms with Crippen molar-refractivity contribution in [2.45, 2.75) is 13.0 Å². The van der Waals surface area contributed by atoms with Crippen molar-refractivity contribution in [3.05, 3.63) is 64.5 Å². The smallest absolute Gasteiger partial charge is 0.194 e. The zero-order valence-corrected chi connectivity index (χ0v) is 11.1. The molecule has 0 aliphatic rings. The third-order valence-corrected chi connectivity index (χ3v) is 3.18. The number of benzene rings is 2. The molecule has 106 valence electrons. The van der Waals surface area contributed by atoms with Crippen molar-refractivity contribution in [3.63, 3.8) is 0 Å². The lowest BCUT2D eigenvalue weighted by Crippen LogP contribution is -2.14. The molecule has 2 aromatic carbocycles.